The van der Waals surface area contributed by atoms with E-state index in [9.17, 15) is 0 Å². The van der Waals surface area contributed by atoms with E-state index in [2.05, 4.69) is 44.8 Å². The number of guanidine groups is 1. The van der Waals surface area contributed by atoms with Gasteiger partial charge in [0.25, 0.3) is 0 Å². The Labute approximate surface area is 161 Å². The van der Waals surface area contributed by atoms with Gasteiger partial charge in [-0.1, -0.05) is 38.0 Å². The van der Waals surface area contributed by atoms with Crippen molar-refractivity contribution in [3.8, 4) is 0 Å². The number of rotatable bonds is 10. The number of aromatic nitrogens is 3. The van der Waals surface area contributed by atoms with Crippen molar-refractivity contribution in [2.75, 3.05) is 13.1 Å². The Morgan fingerprint density at radius 1 is 1.11 bits per heavy atom. The van der Waals surface area contributed by atoms with E-state index < -0.39 is 0 Å². The van der Waals surface area contributed by atoms with Crippen LogP contribution in [0.5, 0.6) is 0 Å². The molecule has 2 aromatic rings. The van der Waals surface area contributed by atoms with E-state index in [0.29, 0.717) is 31.3 Å². The van der Waals surface area contributed by atoms with Crippen LogP contribution >= 0.6 is 0 Å². The number of hydrogen-bond donors (Lipinski definition) is 2. The van der Waals surface area contributed by atoms with Crippen molar-refractivity contribution in [2.24, 2.45) is 4.99 Å². The Morgan fingerprint density at radius 2 is 1.89 bits per heavy atom. The number of aliphatic imine (C=N–C) groups is 1. The molecule has 0 spiro atoms. The van der Waals surface area contributed by atoms with Crippen molar-refractivity contribution in [1.29, 1.82) is 0 Å². The first-order chi connectivity index (χ1) is 13.1. The number of hydrogen-bond acceptors (Lipinski definition) is 6. The molecule has 0 aliphatic heterocycles. The van der Waals surface area contributed by atoms with Crippen LogP contribution in [-0.4, -0.2) is 34.3 Å². The van der Waals surface area contributed by atoms with Gasteiger partial charge in [0.05, 0.1) is 5.69 Å². The third kappa shape index (κ3) is 6.37. The van der Waals surface area contributed by atoms with Crippen LogP contribution in [0.2, 0.25) is 0 Å². The smallest absolute Gasteiger partial charge is 0.228 e. The van der Waals surface area contributed by atoms with Gasteiger partial charge in [0.2, 0.25) is 5.89 Å². The summed E-state index contributed by atoms with van der Waals surface area (Å²) in [6.07, 6.45) is 2.76. The molecule has 0 amide bonds. The van der Waals surface area contributed by atoms with Gasteiger partial charge < -0.3 is 19.7 Å². The molecule has 0 saturated carbocycles. The predicted molar refractivity (Wildman–Crippen MR) is 105 cm³/mol. The molecular formula is C19H32N6O2. The highest BCUT2D eigenvalue weighted by atomic mass is 16.5. The van der Waals surface area contributed by atoms with Crippen LogP contribution in [0.25, 0.3) is 0 Å². The van der Waals surface area contributed by atoms with Crippen LogP contribution in [-0.2, 0) is 13.0 Å². The van der Waals surface area contributed by atoms with E-state index in [1.807, 2.05) is 26.8 Å². The fourth-order valence-corrected chi connectivity index (χ4v) is 2.69. The number of nitrogens with zero attached hydrogens (tertiary/aromatic N) is 4. The lowest BCUT2D eigenvalue weighted by molar-refractivity contribution is 0.370. The summed E-state index contributed by atoms with van der Waals surface area (Å²) in [7, 11) is 0. The van der Waals surface area contributed by atoms with Gasteiger partial charge in [0, 0.05) is 37.4 Å². The molecule has 0 fully saturated rings. The largest absolute Gasteiger partial charge is 0.359 e. The van der Waals surface area contributed by atoms with Gasteiger partial charge >= 0.3 is 0 Å². The lowest BCUT2D eigenvalue weighted by Gasteiger charge is -2.09. The minimum Gasteiger partial charge on any atom is -0.359 e. The van der Waals surface area contributed by atoms with Crippen LogP contribution in [0.3, 0.4) is 0 Å². The zero-order valence-electron chi connectivity index (χ0n) is 17.1. The third-order valence-electron chi connectivity index (χ3n) is 4.35. The van der Waals surface area contributed by atoms with E-state index in [1.165, 1.54) is 0 Å². The van der Waals surface area contributed by atoms with Gasteiger partial charge in [-0.25, -0.2) is 4.99 Å². The monoisotopic (exact) mass is 376 g/mol. The predicted octanol–water partition coefficient (Wildman–Crippen LogP) is 3.38. The first-order valence-corrected chi connectivity index (χ1v) is 9.87. The Kier molecular flexibility index (Phi) is 8.29. The van der Waals surface area contributed by atoms with E-state index >= 15 is 0 Å². The molecule has 0 bridgehead atoms. The molecule has 0 atom stereocenters. The fraction of sp³-hybridized carbons (Fsp3) is 0.684. The summed E-state index contributed by atoms with van der Waals surface area (Å²) in [5, 5.41) is 14.7. The zero-order chi connectivity index (χ0) is 19.6. The SMILES string of the molecule is CCNC(=NCc1cc(C(CC)CC)no1)NCCc1nc(C(C)C)no1. The molecule has 0 unspecified atom stereocenters. The molecular weight excluding hydrogens is 344 g/mol. The quantitative estimate of drug-likeness (QED) is 0.484. The molecule has 0 aliphatic carbocycles. The Morgan fingerprint density at radius 3 is 2.52 bits per heavy atom. The Hall–Kier alpha value is -2.38. The minimum atomic E-state index is 0.265. The highest BCUT2D eigenvalue weighted by Gasteiger charge is 2.13. The van der Waals surface area contributed by atoms with Crippen molar-refractivity contribution < 1.29 is 9.05 Å². The van der Waals surface area contributed by atoms with Crippen LogP contribution in [0.15, 0.2) is 20.1 Å². The summed E-state index contributed by atoms with van der Waals surface area (Å²) in [6.45, 7) is 12.3. The Balaban J connectivity index is 1.88. The molecule has 2 aromatic heterocycles. The average Bonchev–Trinajstić information content (AvgIpc) is 3.31. The maximum Gasteiger partial charge on any atom is 0.228 e. The molecule has 0 aromatic carbocycles. The standard InChI is InChI=1S/C19H32N6O2/c1-6-14(7-2)16-11-15(26-24-16)12-22-19(20-8-3)21-10-9-17-23-18(13(4)5)25-27-17/h11,13-14H,6-10,12H2,1-5H3,(H2,20,21,22). The maximum absolute atomic E-state index is 5.43. The summed E-state index contributed by atoms with van der Waals surface area (Å²) in [5.74, 6) is 3.58. The molecule has 2 rings (SSSR count). The molecule has 0 radical (unpaired) electrons. The van der Waals surface area contributed by atoms with Crippen LogP contribution in [0.1, 0.15) is 82.5 Å². The minimum absolute atomic E-state index is 0.265. The van der Waals surface area contributed by atoms with Gasteiger partial charge in [0.15, 0.2) is 17.5 Å². The molecule has 0 aliphatic rings. The van der Waals surface area contributed by atoms with E-state index in [0.717, 1.165) is 42.6 Å². The van der Waals surface area contributed by atoms with Gasteiger partial charge in [-0.2, -0.15) is 4.98 Å². The molecule has 8 nitrogen and oxygen atoms in total. The fourth-order valence-electron chi connectivity index (χ4n) is 2.69. The van der Waals surface area contributed by atoms with Crippen LogP contribution in [0.4, 0.5) is 0 Å². The topological polar surface area (TPSA) is 101 Å². The molecule has 2 heterocycles. The van der Waals surface area contributed by atoms with Crippen molar-refractivity contribution in [2.45, 2.75) is 72.3 Å². The maximum atomic E-state index is 5.43. The lowest BCUT2D eigenvalue weighted by Crippen LogP contribution is -2.38. The Bertz CT molecular complexity index is 703. The summed E-state index contributed by atoms with van der Waals surface area (Å²) < 4.78 is 10.7. The van der Waals surface area contributed by atoms with Crippen LogP contribution in [0, 0.1) is 0 Å². The van der Waals surface area contributed by atoms with Crippen molar-refractivity contribution in [1.82, 2.24) is 25.9 Å². The number of nitrogens with one attached hydrogen (secondary N) is 2. The highest BCUT2D eigenvalue weighted by molar-refractivity contribution is 5.79. The normalized spacial score (nSPS) is 12.2. The third-order valence-corrected chi connectivity index (χ3v) is 4.35. The first kappa shape index (κ1) is 20.9. The average molecular weight is 377 g/mol. The first-order valence-electron chi connectivity index (χ1n) is 9.87. The van der Waals surface area contributed by atoms with Crippen molar-refractivity contribution >= 4 is 5.96 Å². The molecule has 2 N–H and O–H groups in total. The summed E-state index contributed by atoms with van der Waals surface area (Å²) >= 11 is 0. The van der Waals surface area contributed by atoms with Gasteiger partial charge in [-0.3, -0.25) is 0 Å². The van der Waals surface area contributed by atoms with E-state index in [1.54, 1.807) is 0 Å². The lowest BCUT2D eigenvalue weighted by atomic mass is 9.99. The summed E-state index contributed by atoms with van der Waals surface area (Å²) in [5.41, 5.74) is 1.01. The van der Waals surface area contributed by atoms with Gasteiger partial charge in [-0.15, -0.1) is 0 Å². The summed E-state index contributed by atoms with van der Waals surface area (Å²) in [4.78, 5) is 8.95. The second-order valence-electron chi connectivity index (χ2n) is 6.80. The van der Waals surface area contributed by atoms with Crippen molar-refractivity contribution in [3.63, 3.8) is 0 Å². The zero-order valence-corrected chi connectivity index (χ0v) is 17.1. The summed E-state index contributed by atoms with van der Waals surface area (Å²) in [6, 6.07) is 2.01. The van der Waals surface area contributed by atoms with E-state index in [4.69, 9.17) is 9.05 Å². The van der Waals surface area contributed by atoms with Crippen LogP contribution < -0.4 is 10.6 Å². The second-order valence-corrected chi connectivity index (χ2v) is 6.80. The highest BCUT2D eigenvalue weighted by Crippen LogP contribution is 2.22. The van der Waals surface area contributed by atoms with Crippen molar-refractivity contribution in [3.05, 3.63) is 29.2 Å². The second kappa shape index (κ2) is 10.7. The molecule has 8 heteroatoms. The molecule has 0 saturated heterocycles. The van der Waals surface area contributed by atoms with Gasteiger partial charge in [0.1, 0.15) is 6.54 Å². The molecule has 27 heavy (non-hydrogen) atoms. The van der Waals surface area contributed by atoms with E-state index in [-0.39, 0.29) is 5.92 Å². The van der Waals surface area contributed by atoms with Gasteiger partial charge in [-0.05, 0) is 19.8 Å². The molecule has 150 valence electrons.